The van der Waals surface area contributed by atoms with E-state index >= 15 is 0 Å². The van der Waals surface area contributed by atoms with Crippen LogP contribution in [0.25, 0.3) is 10.2 Å². The van der Waals surface area contributed by atoms with E-state index in [1.54, 1.807) is 31.3 Å². The highest BCUT2D eigenvalue weighted by Gasteiger charge is 2.22. The van der Waals surface area contributed by atoms with E-state index in [9.17, 15) is 9.18 Å². The molecule has 166 valence electrons. The quantitative estimate of drug-likeness (QED) is 0.412. The standard InChI is InChI=1S/C22H26FN3O3S2/c1-25(2)12-5-13-26(19(27)14-30-16-8-6-15(23)7-9-16)22-24-20-17(28-3)10-11-18(29-4)21(20)31-22/h6-11H,5,12-14H2,1-4H3. The second-order valence-electron chi connectivity index (χ2n) is 7.09. The molecule has 0 bridgehead atoms. The van der Waals surface area contributed by atoms with E-state index in [4.69, 9.17) is 14.5 Å². The molecule has 3 aromatic rings. The first-order valence-corrected chi connectivity index (χ1v) is 11.6. The number of benzene rings is 2. The van der Waals surface area contributed by atoms with E-state index in [0.717, 1.165) is 22.6 Å². The Bertz CT molecular complexity index is 984. The van der Waals surface area contributed by atoms with Gasteiger partial charge in [-0.2, -0.15) is 0 Å². The molecule has 0 N–H and O–H groups in total. The molecule has 0 aliphatic carbocycles. The maximum Gasteiger partial charge on any atom is 0.239 e. The van der Waals surface area contributed by atoms with Crippen LogP contribution in [0.3, 0.4) is 0 Å². The molecular weight excluding hydrogens is 437 g/mol. The van der Waals surface area contributed by atoms with Gasteiger partial charge >= 0.3 is 0 Å². The zero-order valence-electron chi connectivity index (χ0n) is 18.1. The van der Waals surface area contributed by atoms with Gasteiger partial charge in [0.1, 0.15) is 27.5 Å². The number of carbonyl (C=O) groups excluding carboxylic acids is 1. The van der Waals surface area contributed by atoms with Gasteiger partial charge in [-0.3, -0.25) is 9.69 Å². The van der Waals surface area contributed by atoms with Crippen LogP contribution in [0, 0.1) is 5.82 Å². The molecule has 1 aromatic heterocycles. The number of carbonyl (C=O) groups is 1. The van der Waals surface area contributed by atoms with E-state index in [0.29, 0.717) is 28.7 Å². The molecule has 3 rings (SSSR count). The zero-order chi connectivity index (χ0) is 22.4. The molecule has 0 unspecified atom stereocenters. The number of hydrogen-bond acceptors (Lipinski definition) is 7. The van der Waals surface area contributed by atoms with E-state index in [2.05, 4.69) is 4.90 Å². The number of methoxy groups -OCH3 is 2. The average Bonchev–Trinajstić information content (AvgIpc) is 3.20. The fourth-order valence-corrected chi connectivity index (χ4v) is 4.91. The predicted molar refractivity (Wildman–Crippen MR) is 125 cm³/mol. The summed E-state index contributed by atoms with van der Waals surface area (Å²) in [7, 11) is 7.22. The number of amides is 1. The summed E-state index contributed by atoms with van der Waals surface area (Å²) in [5, 5.41) is 0.612. The summed E-state index contributed by atoms with van der Waals surface area (Å²) >= 11 is 2.79. The van der Waals surface area contributed by atoms with Crippen LogP contribution in [-0.2, 0) is 4.79 Å². The lowest BCUT2D eigenvalue weighted by atomic mass is 10.3. The van der Waals surface area contributed by atoms with Crippen molar-refractivity contribution >= 4 is 44.4 Å². The molecule has 1 heterocycles. The van der Waals surface area contributed by atoms with Gasteiger partial charge in [-0.1, -0.05) is 11.3 Å². The Hall–Kier alpha value is -2.36. The normalized spacial score (nSPS) is 11.2. The van der Waals surface area contributed by atoms with Gasteiger partial charge in [-0.05, 0) is 63.5 Å². The minimum absolute atomic E-state index is 0.0509. The van der Waals surface area contributed by atoms with E-state index < -0.39 is 0 Å². The van der Waals surface area contributed by atoms with Crippen LogP contribution in [0.5, 0.6) is 11.5 Å². The zero-order valence-corrected chi connectivity index (χ0v) is 19.7. The van der Waals surface area contributed by atoms with E-state index in [1.807, 2.05) is 26.2 Å². The molecule has 0 saturated carbocycles. The number of aromatic nitrogens is 1. The Morgan fingerprint density at radius 3 is 2.39 bits per heavy atom. The van der Waals surface area contributed by atoms with Crippen molar-refractivity contribution in [1.29, 1.82) is 0 Å². The summed E-state index contributed by atoms with van der Waals surface area (Å²) in [5.74, 6) is 1.22. The van der Waals surface area contributed by atoms with Gasteiger partial charge in [-0.25, -0.2) is 9.37 Å². The third kappa shape index (κ3) is 5.87. The summed E-state index contributed by atoms with van der Waals surface area (Å²) in [4.78, 5) is 22.5. The summed E-state index contributed by atoms with van der Waals surface area (Å²) in [6.45, 7) is 1.40. The number of nitrogens with zero attached hydrogens (tertiary/aromatic N) is 3. The molecule has 0 aliphatic heterocycles. The highest BCUT2D eigenvalue weighted by molar-refractivity contribution is 8.00. The maximum atomic E-state index is 13.2. The van der Waals surface area contributed by atoms with Crippen LogP contribution in [0.15, 0.2) is 41.3 Å². The van der Waals surface area contributed by atoms with Crippen LogP contribution < -0.4 is 14.4 Å². The van der Waals surface area contributed by atoms with Crippen LogP contribution in [0.1, 0.15) is 6.42 Å². The van der Waals surface area contributed by atoms with Crippen LogP contribution in [0.2, 0.25) is 0 Å². The van der Waals surface area contributed by atoms with Gasteiger partial charge < -0.3 is 14.4 Å². The van der Waals surface area contributed by atoms with Crippen molar-refractivity contribution in [2.45, 2.75) is 11.3 Å². The van der Waals surface area contributed by atoms with Crippen LogP contribution >= 0.6 is 23.1 Å². The largest absolute Gasteiger partial charge is 0.495 e. The number of anilines is 1. The Labute approximate surface area is 190 Å². The third-order valence-corrected chi connectivity index (χ3v) is 6.68. The number of thiazole rings is 1. The molecule has 0 spiro atoms. The maximum absolute atomic E-state index is 13.2. The summed E-state index contributed by atoms with van der Waals surface area (Å²) in [6.07, 6.45) is 0.810. The van der Waals surface area contributed by atoms with Crippen molar-refractivity contribution in [3.05, 3.63) is 42.2 Å². The first kappa shape index (κ1) is 23.3. The van der Waals surface area contributed by atoms with Crippen molar-refractivity contribution in [2.75, 3.05) is 52.1 Å². The third-order valence-electron chi connectivity index (χ3n) is 4.59. The van der Waals surface area contributed by atoms with Crippen LogP contribution in [-0.4, -0.2) is 62.9 Å². The topological polar surface area (TPSA) is 54.9 Å². The molecule has 0 radical (unpaired) electrons. The summed E-state index contributed by atoms with van der Waals surface area (Å²) in [5.41, 5.74) is 0.679. The molecule has 0 atom stereocenters. The number of ether oxygens (including phenoxy) is 2. The lowest BCUT2D eigenvalue weighted by molar-refractivity contribution is -0.116. The van der Waals surface area contributed by atoms with Crippen molar-refractivity contribution in [3.8, 4) is 11.5 Å². The second kappa shape index (κ2) is 10.8. The van der Waals surface area contributed by atoms with Gasteiger partial charge in [0.05, 0.1) is 20.0 Å². The highest BCUT2D eigenvalue weighted by atomic mass is 32.2. The van der Waals surface area contributed by atoms with Gasteiger partial charge in [0.2, 0.25) is 5.91 Å². The monoisotopic (exact) mass is 463 g/mol. The van der Waals surface area contributed by atoms with Crippen LogP contribution in [0.4, 0.5) is 9.52 Å². The molecule has 0 fully saturated rings. The SMILES string of the molecule is COc1ccc(OC)c2sc(N(CCCN(C)C)C(=O)CSc3ccc(F)cc3)nc12. The Kier molecular flexibility index (Phi) is 8.11. The molecule has 1 amide bonds. The molecule has 2 aromatic carbocycles. The molecule has 0 saturated heterocycles. The molecular formula is C22H26FN3O3S2. The number of fused-ring (bicyclic) bond motifs is 1. The fraction of sp³-hybridized carbons (Fsp3) is 0.364. The Morgan fingerprint density at radius 2 is 1.74 bits per heavy atom. The smallest absolute Gasteiger partial charge is 0.239 e. The number of hydrogen-bond donors (Lipinski definition) is 0. The minimum Gasteiger partial charge on any atom is -0.495 e. The van der Waals surface area contributed by atoms with Gasteiger partial charge in [0.15, 0.2) is 5.13 Å². The molecule has 31 heavy (non-hydrogen) atoms. The van der Waals surface area contributed by atoms with Gasteiger partial charge in [0.25, 0.3) is 0 Å². The van der Waals surface area contributed by atoms with Gasteiger partial charge in [0, 0.05) is 11.4 Å². The Balaban J connectivity index is 1.86. The number of rotatable bonds is 10. The van der Waals surface area contributed by atoms with E-state index in [1.165, 1.54) is 35.2 Å². The first-order valence-electron chi connectivity index (χ1n) is 9.78. The second-order valence-corrected chi connectivity index (χ2v) is 9.12. The first-order chi connectivity index (χ1) is 14.9. The average molecular weight is 464 g/mol. The van der Waals surface area contributed by atoms with Crippen molar-refractivity contribution < 1.29 is 18.7 Å². The van der Waals surface area contributed by atoms with Crippen molar-refractivity contribution in [1.82, 2.24) is 9.88 Å². The minimum atomic E-state index is -0.293. The van der Waals surface area contributed by atoms with E-state index in [-0.39, 0.29) is 17.5 Å². The molecule has 0 aliphatic rings. The number of halogens is 1. The number of thioether (sulfide) groups is 1. The van der Waals surface area contributed by atoms with Crippen molar-refractivity contribution in [3.63, 3.8) is 0 Å². The van der Waals surface area contributed by atoms with Gasteiger partial charge in [-0.15, -0.1) is 11.8 Å². The molecule has 9 heteroatoms. The Morgan fingerprint density at radius 1 is 1.06 bits per heavy atom. The molecule has 6 nitrogen and oxygen atoms in total. The summed E-state index contributed by atoms with van der Waals surface area (Å²) in [6, 6.07) is 9.80. The lowest BCUT2D eigenvalue weighted by Crippen LogP contribution is -2.34. The predicted octanol–water partition coefficient (Wildman–Crippen LogP) is 4.53. The van der Waals surface area contributed by atoms with Crippen molar-refractivity contribution in [2.24, 2.45) is 0 Å². The lowest BCUT2D eigenvalue weighted by Gasteiger charge is -2.21. The highest BCUT2D eigenvalue weighted by Crippen LogP contribution is 2.40. The summed E-state index contributed by atoms with van der Waals surface area (Å²) < 4.78 is 24.9. The fourth-order valence-electron chi connectivity index (χ4n) is 3.02.